The Morgan fingerprint density at radius 2 is 1.50 bits per heavy atom. The maximum absolute atomic E-state index is 5.88. The van der Waals surface area contributed by atoms with Crippen molar-refractivity contribution >= 4 is 5.69 Å². The molecule has 0 unspecified atom stereocenters. The smallest absolute Gasteiger partial charge is 0.0393 e. The molecule has 69 valence electrons. The van der Waals surface area contributed by atoms with Crippen LogP contribution in [-0.4, -0.2) is 0 Å². The molecule has 14 heavy (non-hydrogen) atoms. The van der Waals surface area contributed by atoms with Crippen LogP contribution >= 0.6 is 0 Å². The van der Waals surface area contributed by atoms with Crippen LogP contribution in [0.4, 0.5) is 5.69 Å². The van der Waals surface area contributed by atoms with E-state index in [1.54, 1.807) is 0 Å². The summed E-state index contributed by atoms with van der Waals surface area (Å²) in [7, 11) is 0. The van der Waals surface area contributed by atoms with Gasteiger partial charge in [0.15, 0.2) is 0 Å². The molecule has 0 aromatic heterocycles. The van der Waals surface area contributed by atoms with Gasteiger partial charge in [-0.2, -0.15) is 0 Å². The van der Waals surface area contributed by atoms with Crippen LogP contribution in [0.3, 0.4) is 0 Å². The van der Waals surface area contributed by atoms with Gasteiger partial charge in [0.1, 0.15) is 0 Å². The van der Waals surface area contributed by atoms with Crippen LogP contribution in [0.2, 0.25) is 0 Å². The van der Waals surface area contributed by atoms with E-state index in [9.17, 15) is 0 Å². The highest BCUT2D eigenvalue weighted by atomic mass is 14.6. The van der Waals surface area contributed by atoms with E-state index < -0.39 is 0 Å². The Morgan fingerprint density at radius 1 is 0.857 bits per heavy atom. The molecule has 1 radical (unpaired) electrons. The van der Waals surface area contributed by atoms with Crippen LogP contribution in [-0.2, 0) is 0 Å². The van der Waals surface area contributed by atoms with Gasteiger partial charge in [-0.3, -0.25) is 0 Å². The first kappa shape index (κ1) is 8.82. The Balaban J connectivity index is 2.50. The molecular formula is C13H12N. The van der Waals surface area contributed by atoms with Gasteiger partial charge in [-0.05, 0) is 24.1 Å². The van der Waals surface area contributed by atoms with Crippen molar-refractivity contribution in [2.24, 2.45) is 0 Å². The Kier molecular flexibility index (Phi) is 2.23. The van der Waals surface area contributed by atoms with Crippen molar-refractivity contribution in [2.45, 2.75) is 0 Å². The monoisotopic (exact) mass is 182 g/mol. The Labute approximate surface area is 84.2 Å². The zero-order valence-corrected chi connectivity index (χ0v) is 7.90. The van der Waals surface area contributed by atoms with Gasteiger partial charge >= 0.3 is 0 Å². The molecule has 0 fully saturated rings. The second kappa shape index (κ2) is 3.54. The number of benzene rings is 2. The average molecular weight is 182 g/mol. The van der Waals surface area contributed by atoms with Crippen LogP contribution in [0.15, 0.2) is 48.5 Å². The second-order valence-corrected chi connectivity index (χ2v) is 3.28. The molecule has 0 saturated carbocycles. The number of para-hydroxylation sites is 1. The van der Waals surface area contributed by atoms with E-state index in [0.717, 1.165) is 22.4 Å². The van der Waals surface area contributed by atoms with Gasteiger partial charge in [0.2, 0.25) is 0 Å². The van der Waals surface area contributed by atoms with E-state index >= 15 is 0 Å². The second-order valence-electron chi connectivity index (χ2n) is 3.28. The number of hydrogen-bond donors (Lipinski definition) is 1. The van der Waals surface area contributed by atoms with Crippen molar-refractivity contribution in [2.75, 3.05) is 5.73 Å². The molecule has 1 nitrogen and oxygen atoms in total. The van der Waals surface area contributed by atoms with E-state index in [0.29, 0.717) is 0 Å². The van der Waals surface area contributed by atoms with Gasteiger partial charge in [-0.25, -0.2) is 0 Å². The van der Waals surface area contributed by atoms with Gasteiger partial charge in [0.25, 0.3) is 0 Å². The third-order valence-electron chi connectivity index (χ3n) is 2.23. The van der Waals surface area contributed by atoms with E-state index in [4.69, 9.17) is 5.73 Å². The summed E-state index contributed by atoms with van der Waals surface area (Å²) in [6, 6.07) is 15.9. The molecule has 0 aliphatic rings. The van der Waals surface area contributed by atoms with Crippen LogP contribution < -0.4 is 5.73 Å². The van der Waals surface area contributed by atoms with E-state index in [2.05, 4.69) is 6.92 Å². The lowest BCUT2D eigenvalue weighted by molar-refractivity contribution is 1.57. The number of anilines is 1. The molecule has 0 aliphatic carbocycles. The highest BCUT2D eigenvalue weighted by molar-refractivity contribution is 5.76. The van der Waals surface area contributed by atoms with Gasteiger partial charge in [-0.15, -0.1) is 0 Å². The molecule has 2 rings (SSSR count). The lowest BCUT2D eigenvalue weighted by Crippen LogP contribution is -1.88. The van der Waals surface area contributed by atoms with Crippen LogP contribution in [0.1, 0.15) is 5.56 Å². The van der Waals surface area contributed by atoms with Crippen molar-refractivity contribution in [1.82, 2.24) is 0 Å². The summed E-state index contributed by atoms with van der Waals surface area (Å²) in [5.74, 6) is 0. The van der Waals surface area contributed by atoms with Crippen molar-refractivity contribution in [1.29, 1.82) is 0 Å². The lowest BCUT2D eigenvalue weighted by atomic mass is 10.0. The fourth-order valence-corrected chi connectivity index (χ4v) is 1.44. The molecule has 0 heterocycles. The summed E-state index contributed by atoms with van der Waals surface area (Å²) in [6.07, 6.45) is 0. The lowest BCUT2D eigenvalue weighted by Gasteiger charge is -2.05. The predicted octanol–water partition coefficient (Wildman–Crippen LogP) is 3.12. The van der Waals surface area contributed by atoms with E-state index in [1.165, 1.54) is 0 Å². The molecular weight excluding hydrogens is 170 g/mol. The Morgan fingerprint density at radius 3 is 2.14 bits per heavy atom. The third-order valence-corrected chi connectivity index (χ3v) is 2.23. The minimum atomic E-state index is 0.810. The zero-order valence-electron chi connectivity index (χ0n) is 7.90. The standard InChI is InChI=1S/C13H12N/c1-10-6-8-11(9-7-10)12-4-2-3-5-13(12)14/h2-9H,1,14H2. The first-order valence-corrected chi connectivity index (χ1v) is 4.54. The van der Waals surface area contributed by atoms with Crippen molar-refractivity contribution in [3.63, 3.8) is 0 Å². The summed E-state index contributed by atoms with van der Waals surface area (Å²) in [6.45, 7) is 3.85. The summed E-state index contributed by atoms with van der Waals surface area (Å²) >= 11 is 0. The molecule has 2 N–H and O–H groups in total. The Hall–Kier alpha value is -1.76. The number of nitrogens with two attached hydrogens (primary N) is 1. The van der Waals surface area contributed by atoms with Crippen molar-refractivity contribution in [3.05, 3.63) is 61.0 Å². The van der Waals surface area contributed by atoms with E-state index in [-0.39, 0.29) is 0 Å². The Bertz CT molecular complexity index is 429. The topological polar surface area (TPSA) is 26.0 Å². The number of rotatable bonds is 1. The fraction of sp³-hybridized carbons (Fsp3) is 0. The van der Waals surface area contributed by atoms with Crippen LogP contribution in [0, 0.1) is 6.92 Å². The van der Waals surface area contributed by atoms with Gasteiger partial charge in [-0.1, -0.05) is 42.5 Å². The molecule has 0 aliphatic heterocycles. The first-order chi connectivity index (χ1) is 6.77. The van der Waals surface area contributed by atoms with Crippen molar-refractivity contribution in [3.8, 4) is 11.1 Å². The van der Waals surface area contributed by atoms with Gasteiger partial charge in [0.05, 0.1) is 0 Å². The molecule has 0 atom stereocenters. The highest BCUT2D eigenvalue weighted by Crippen LogP contribution is 2.25. The summed E-state index contributed by atoms with van der Waals surface area (Å²) in [5, 5.41) is 0. The summed E-state index contributed by atoms with van der Waals surface area (Å²) in [5.41, 5.74) is 9.91. The molecule has 0 amide bonds. The predicted molar refractivity (Wildman–Crippen MR) is 60.7 cm³/mol. The summed E-state index contributed by atoms with van der Waals surface area (Å²) < 4.78 is 0. The van der Waals surface area contributed by atoms with Crippen molar-refractivity contribution < 1.29 is 0 Å². The molecule has 2 aromatic rings. The quantitative estimate of drug-likeness (QED) is 0.674. The molecule has 0 spiro atoms. The normalized spacial score (nSPS) is 10.1. The largest absolute Gasteiger partial charge is 0.398 e. The zero-order chi connectivity index (χ0) is 9.97. The maximum atomic E-state index is 5.88. The average Bonchev–Trinajstić information content (AvgIpc) is 2.20. The van der Waals surface area contributed by atoms with Gasteiger partial charge in [0, 0.05) is 11.3 Å². The van der Waals surface area contributed by atoms with Gasteiger partial charge < -0.3 is 5.73 Å². The molecule has 2 aromatic carbocycles. The molecule has 0 bridgehead atoms. The SMILES string of the molecule is [CH2]c1ccc(-c2ccccc2N)cc1. The minimum absolute atomic E-state index is 0.810. The maximum Gasteiger partial charge on any atom is 0.0393 e. The fourth-order valence-electron chi connectivity index (χ4n) is 1.44. The van der Waals surface area contributed by atoms with E-state index in [1.807, 2.05) is 48.5 Å². The highest BCUT2D eigenvalue weighted by Gasteiger charge is 1.99. The first-order valence-electron chi connectivity index (χ1n) is 4.54. The van der Waals surface area contributed by atoms with Crippen LogP contribution in [0.5, 0.6) is 0 Å². The summed E-state index contributed by atoms with van der Waals surface area (Å²) in [4.78, 5) is 0. The molecule has 1 heteroatoms. The third kappa shape index (κ3) is 1.62. The number of nitrogen functional groups attached to an aromatic ring is 1. The van der Waals surface area contributed by atoms with Crippen LogP contribution in [0.25, 0.3) is 11.1 Å². The number of hydrogen-bond acceptors (Lipinski definition) is 1. The molecule has 0 saturated heterocycles. The minimum Gasteiger partial charge on any atom is -0.398 e.